The number of methoxy groups -OCH3 is 4. The highest BCUT2D eigenvalue weighted by Gasteiger charge is 2.19. The van der Waals surface area contributed by atoms with E-state index in [1.807, 2.05) is 49.4 Å². The van der Waals surface area contributed by atoms with Gasteiger partial charge in [-0.05, 0) is 71.4 Å². The maximum absolute atomic E-state index is 5.49. The third-order valence-corrected chi connectivity index (χ3v) is 6.73. The molecular formula is C25H23N5O4S. The number of aryl methyl sites for hydroxylation is 1. The number of aromatic nitrogens is 5. The van der Waals surface area contributed by atoms with Gasteiger partial charge in [-0.15, -0.1) is 16.4 Å². The minimum atomic E-state index is 0.506. The Labute approximate surface area is 205 Å². The molecule has 5 aromatic rings. The summed E-state index contributed by atoms with van der Waals surface area (Å²) in [5.41, 5.74) is 4.55. The van der Waals surface area contributed by atoms with Gasteiger partial charge >= 0.3 is 0 Å². The molecule has 0 saturated carbocycles. The molecule has 0 bridgehead atoms. The van der Waals surface area contributed by atoms with Gasteiger partial charge in [0.15, 0.2) is 17.3 Å². The number of tetrazole rings is 1. The average molecular weight is 490 g/mol. The van der Waals surface area contributed by atoms with Crippen LogP contribution >= 0.6 is 11.3 Å². The lowest BCUT2D eigenvalue weighted by Crippen LogP contribution is -2.03. The van der Waals surface area contributed by atoms with E-state index in [9.17, 15) is 0 Å². The normalized spacial score (nSPS) is 11.0. The van der Waals surface area contributed by atoms with Gasteiger partial charge in [-0.1, -0.05) is 0 Å². The molecule has 0 aliphatic carbocycles. The Morgan fingerprint density at radius 2 is 1.57 bits per heavy atom. The van der Waals surface area contributed by atoms with Gasteiger partial charge in [-0.3, -0.25) is 0 Å². The lowest BCUT2D eigenvalue weighted by molar-refractivity contribution is 0.324. The second-order valence-electron chi connectivity index (χ2n) is 7.68. The first kappa shape index (κ1) is 22.6. The van der Waals surface area contributed by atoms with Crippen LogP contribution in [0.4, 0.5) is 0 Å². The van der Waals surface area contributed by atoms with E-state index in [1.54, 1.807) is 44.5 Å². The number of fused-ring (bicyclic) bond motifs is 1. The zero-order chi connectivity index (χ0) is 24.5. The first-order valence-electron chi connectivity index (χ1n) is 10.7. The summed E-state index contributed by atoms with van der Waals surface area (Å²) in [6.07, 6.45) is 0. The van der Waals surface area contributed by atoms with E-state index in [0.29, 0.717) is 23.1 Å². The summed E-state index contributed by atoms with van der Waals surface area (Å²) in [5.74, 6) is 2.92. The highest BCUT2D eigenvalue weighted by molar-refractivity contribution is 7.21. The van der Waals surface area contributed by atoms with E-state index < -0.39 is 0 Å². The minimum Gasteiger partial charge on any atom is -0.497 e. The molecule has 0 radical (unpaired) electrons. The molecular weight excluding hydrogens is 466 g/mol. The Morgan fingerprint density at radius 3 is 2.23 bits per heavy atom. The molecule has 5 rings (SSSR count). The second kappa shape index (κ2) is 9.22. The molecule has 0 N–H and O–H groups in total. The van der Waals surface area contributed by atoms with Crippen molar-refractivity contribution in [2.75, 3.05) is 28.4 Å². The van der Waals surface area contributed by atoms with E-state index in [-0.39, 0.29) is 0 Å². The molecule has 3 aromatic carbocycles. The molecule has 10 heteroatoms. The zero-order valence-electron chi connectivity index (χ0n) is 19.9. The molecule has 2 aromatic heterocycles. The third kappa shape index (κ3) is 4.01. The number of benzene rings is 3. The zero-order valence-corrected chi connectivity index (χ0v) is 20.7. The van der Waals surface area contributed by atoms with Crippen LogP contribution < -0.4 is 18.9 Å². The predicted molar refractivity (Wildman–Crippen MR) is 134 cm³/mol. The Bertz CT molecular complexity index is 1500. The first-order valence-corrected chi connectivity index (χ1v) is 11.5. The molecule has 2 heterocycles. The molecule has 0 amide bonds. The van der Waals surface area contributed by atoms with Gasteiger partial charge in [-0.25, -0.2) is 4.98 Å². The maximum atomic E-state index is 5.49. The van der Waals surface area contributed by atoms with Gasteiger partial charge in [-0.2, -0.15) is 4.68 Å². The van der Waals surface area contributed by atoms with Crippen molar-refractivity contribution in [3.8, 4) is 50.6 Å². The SMILES string of the molecule is COc1ccc2nc(-c3ccc(-n4nnnc4-c4cc(OC)c(OC)c(OC)c4)c(C)c3)sc2c1. The topological polar surface area (TPSA) is 93.4 Å². The Morgan fingerprint density at radius 1 is 0.800 bits per heavy atom. The Kier molecular flexibility index (Phi) is 5.96. The summed E-state index contributed by atoms with van der Waals surface area (Å²) in [7, 11) is 6.38. The van der Waals surface area contributed by atoms with E-state index in [1.165, 1.54) is 0 Å². The van der Waals surface area contributed by atoms with Gasteiger partial charge < -0.3 is 18.9 Å². The summed E-state index contributed by atoms with van der Waals surface area (Å²) in [6, 6.07) is 15.6. The number of rotatable bonds is 7. The largest absolute Gasteiger partial charge is 0.497 e. The molecule has 178 valence electrons. The number of ether oxygens (including phenoxy) is 4. The van der Waals surface area contributed by atoms with Gasteiger partial charge in [0.1, 0.15) is 10.8 Å². The van der Waals surface area contributed by atoms with Crippen molar-refractivity contribution in [2.24, 2.45) is 0 Å². The van der Waals surface area contributed by atoms with Crippen LogP contribution in [0.5, 0.6) is 23.0 Å². The van der Waals surface area contributed by atoms with Crippen molar-refractivity contribution in [1.29, 1.82) is 0 Å². The molecule has 0 saturated heterocycles. The molecule has 0 atom stereocenters. The quantitative estimate of drug-likeness (QED) is 0.317. The summed E-state index contributed by atoms with van der Waals surface area (Å²) in [6.45, 7) is 2.02. The molecule has 0 spiro atoms. The van der Waals surface area contributed by atoms with Crippen LogP contribution in [-0.4, -0.2) is 53.6 Å². The van der Waals surface area contributed by atoms with E-state index in [4.69, 9.17) is 23.9 Å². The Hall–Kier alpha value is -4.18. The highest BCUT2D eigenvalue weighted by atomic mass is 32.1. The van der Waals surface area contributed by atoms with Crippen LogP contribution in [0.3, 0.4) is 0 Å². The monoisotopic (exact) mass is 489 g/mol. The fraction of sp³-hybridized carbons (Fsp3) is 0.200. The number of thiazole rings is 1. The van der Waals surface area contributed by atoms with Crippen molar-refractivity contribution in [3.05, 3.63) is 54.1 Å². The van der Waals surface area contributed by atoms with Crippen molar-refractivity contribution in [3.63, 3.8) is 0 Å². The number of hydrogen-bond donors (Lipinski definition) is 0. The molecule has 0 fully saturated rings. The van der Waals surface area contributed by atoms with Crippen LogP contribution in [0.2, 0.25) is 0 Å². The fourth-order valence-corrected chi connectivity index (χ4v) is 4.91. The lowest BCUT2D eigenvalue weighted by Gasteiger charge is -2.14. The summed E-state index contributed by atoms with van der Waals surface area (Å²) in [5, 5.41) is 13.4. The van der Waals surface area contributed by atoms with Crippen LogP contribution in [0.25, 0.3) is 37.9 Å². The molecule has 0 aliphatic heterocycles. The van der Waals surface area contributed by atoms with Crippen LogP contribution in [-0.2, 0) is 0 Å². The van der Waals surface area contributed by atoms with Gasteiger partial charge in [0.25, 0.3) is 0 Å². The van der Waals surface area contributed by atoms with Crippen LogP contribution in [0.15, 0.2) is 48.5 Å². The number of hydrogen-bond acceptors (Lipinski definition) is 9. The summed E-state index contributed by atoms with van der Waals surface area (Å²) >= 11 is 1.63. The van der Waals surface area contributed by atoms with Crippen molar-refractivity contribution in [2.45, 2.75) is 6.92 Å². The highest BCUT2D eigenvalue weighted by Crippen LogP contribution is 2.41. The van der Waals surface area contributed by atoms with Crippen molar-refractivity contribution in [1.82, 2.24) is 25.2 Å². The minimum absolute atomic E-state index is 0.506. The molecule has 0 unspecified atom stereocenters. The maximum Gasteiger partial charge on any atom is 0.203 e. The fourth-order valence-electron chi connectivity index (χ4n) is 3.92. The summed E-state index contributed by atoms with van der Waals surface area (Å²) in [4.78, 5) is 4.79. The standard InChI is InChI=1S/C25H23N5O4S/c1-14-10-15(25-26-18-8-7-17(31-2)13-22(18)35-25)6-9-19(14)30-24(27-28-29-30)16-11-20(32-3)23(34-5)21(12-16)33-4/h6-13H,1-5H3. The smallest absolute Gasteiger partial charge is 0.203 e. The van der Waals surface area contributed by atoms with Crippen molar-refractivity contribution >= 4 is 21.6 Å². The van der Waals surface area contributed by atoms with Crippen LogP contribution in [0.1, 0.15) is 5.56 Å². The van der Waals surface area contributed by atoms with E-state index in [2.05, 4.69) is 21.6 Å². The van der Waals surface area contributed by atoms with Gasteiger partial charge in [0, 0.05) is 11.1 Å². The molecule has 35 heavy (non-hydrogen) atoms. The van der Waals surface area contributed by atoms with Crippen LogP contribution in [0, 0.1) is 6.92 Å². The molecule has 0 aliphatic rings. The average Bonchev–Trinajstić information content (AvgIpc) is 3.54. The van der Waals surface area contributed by atoms with Crippen molar-refractivity contribution < 1.29 is 18.9 Å². The second-order valence-corrected chi connectivity index (χ2v) is 8.71. The predicted octanol–water partition coefficient (Wildman–Crippen LogP) is 4.95. The Balaban J connectivity index is 1.55. The molecule has 9 nitrogen and oxygen atoms in total. The van der Waals surface area contributed by atoms with Gasteiger partial charge in [0.2, 0.25) is 5.75 Å². The summed E-state index contributed by atoms with van der Waals surface area (Å²) < 4.78 is 24.5. The third-order valence-electron chi connectivity index (χ3n) is 5.66. The number of nitrogens with zero attached hydrogens (tertiary/aromatic N) is 5. The first-order chi connectivity index (χ1) is 17.1. The van der Waals surface area contributed by atoms with E-state index in [0.717, 1.165) is 43.4 Å². The van der Waals surface area contributed by atoms with Gasteiger partial charge in [0.05, 0.1) is 44.3 Å². The lowest BCUT2D eigenvalue weighted by atomic mass is 10.1. The van der Waals surface area contributed by atoms with E-state index >= 15 is 0 Å².